The zero-order valence-corrected chi connectivity index (χ0v) is 28.6. The normalized spacial score (nSPS) is 9.92. The maximum atomic E-state index is 12.0. The van der Waals surface area contributed by atoms with E-state index in [9.17, 15) is 19.2 Å². The van der Waals surface area contributed by atoms with Crippen molar-refractivity contribution in [2.24, 2.45) is 0 Å². The van der Waals surface area contributed by atoms with E-state index in [1.54, 1.807) is 50.4 Å². The minimum atomic E-state index is -0.0532. The number of hydrogen-bond donors (Lipinski definition) is 1. The molecule has 1 N–H and O–H groups in total. The Labute approximate surface area is 290 Å². The molecule has 0 saturated carbocycles. The minimum Gasteiger partial charge on any atom is -0.329 e. The largest absolute Gasteiger partial charge is 0.329 e. The Morgan fingerprint density at radius 2 is 0.940 bits per heavy atom. The molecule has 0 amide bonds. The number of aryl methyl sites for hydroxylation is 4. The number of rotatable bonds is 3. The van der Waals surface area contributed by atoms with E-state index in [2.05, 4.69) is 4.98 Å². The van der Waals surface area contributed by atoms with E-state index in [1.165, 1.54) is 6.07 Å². The van der Waals surface area contributed by atoms with Crippen LogP contribution in [0.3, 0.4) is 0 Å². The Kier molecular flexibility index (Phi) is 13.2. The average Bonchev–Trinajstić information content (AvgIpc) is 3.14. The summed E-state index contributed by atoms with van der Waals surface area (Å²) in [6.45, 7) is 7.52. The van der Waals surface area contributed by atoms with Gasteiger partial charge in [-0.2, -0.15) is 0 Å². The molecule has 8 nitrogen and oxygen atoms in total. The number of aromatic amines is 1. The lowest BCUT2D eigenvalue weighted by atomic mass is 10.2. The molecule has 0 aliphatic heterocycles. The zero-order chi connectivity index (χ0) is 35.9. The lowest BCUT2D eigenvalue weighted by molar-refractivity contribution is 0.919. The molecule has 7 rings (SSSR count). The Morgan fingerprint density at radius 1 is 0.420 bits per heavy atom. The minimum absolute atomic E-state index is 0.0104. The van der Waals surface area contributed by atoms with Gasteiger partial charge in [-0.05, 0) is 88.4 Å². The smallest absolute Gasteiger partial charge is 0.258 e. The molecule has 8 heteroatoms. The van der Waals surface area contributed by atoms with Crippen molar-refractivity contribution in [2.75, 3.05) is 0 Å². The third-order valence-electron chi connectivity index (χ3n) is 7.50. The van der Waals surface area contributed by atoms with Gasteiger partial charge in [0.15, 0.2) is 0 Å². The van der Waals surface area contributed by atoms with Crippen molar-refractivity contribution in [1.29, 1.82) is 0 Å². The summed E-state index contributed by atoms with van der Waals surface area (Å²) in [5.74, 6) is 0. The highest BCUT2D eigenvalue weighted by Gasteiger charge is 2.04. The zero-order valence-electron chi connectivity index (χ0n) is 28.6. The van der Waals surface area contributed by atoms with Gasteiger partial charge in [0, 0.05) is 64.1 Å². The Bertz CT molecular complexity index is 2320. The molecule has 50 heavy (non-hydrogen) atoms. The van der Waals surface area contributed by atoms with Crippen LogP contribution in [0.15, 0.2) is 183 Å². The molecule has 0 fully saturated rings. The topological polar surface area (TPSA) is 98.9 Å². The first kappa shape index (κ1) is 36.3. The molecule has 7 aromatic rings. The SMILES string of the molecule is Cc1ccc(C)n(-c2ccccc2)c1=O.Cc1cccc(=O)n1-c1ccccc1.Cc1cccn(-c2ccccc2)c1=O.O=c1cccc[nH]1. The van der Waals surface area contributed by atoms with Crippen LogP contribution in [-0.2, 0) is 0 Å². The highest BCUT2D eigenvalue weighted by molar-refractivity contribution is 5.36. The standard InChI is InChI=1S/C13H13NO.2C12H11NO.C5H5NO/c1-10-8-9-11(2)14(13(10)15)12-6-4-3-5-7-12;1-10-6-5-9-13(12(10)14)11-7-3-2-4-8-11;1-10-6-5-9-12(14)13(10)11-7-3-2-4-8-11;7-5-3-1-2-4-6-5/h3-9H,1-2H3;2*2-9H,1H3;1-4H,(H,6,7). The van der Waals surface area contributed by atoms with Crippen molar-refractivity contribution in [3.8, 4) is 17.1 Å². The second-order valence-electron chi connectivity index (χ2n) is 11.2. The average molecular weight is 665 g/mol. The third kappa shape index (κ3) is 9.98. The molecule has 0 aliphatic carbocycles. The van der Waals surface area contributed by atoms with Crippen molar-refractivity contribution in [3.05, 3.63) is 228 Å². The lowest BCUT2D eigenvalue weighted by Gasteiger charge is -2.10. The fourth-order valence-corrected chi connectivity index (χ4v) is 4.90. The molecule has 0 unspecified atom stereocenters. The van der Waals surface area contributed by atoms with Crippen LogP contribution >= 0.6 is 0 Å². The van der Waals surface area contributed by atoms with Crippen LogP contribution in [0.2, 0.25) is 0 Å². The Morgan fingerprint density at radius 3 is 1.46 bits per heavy atom. The van der Waals surface area contributed by atoms with Gasteiger partial charge in [0.25, 0.3) is 16.7 Å². The van der Waals surface area contributed by atoms with Gasteiger partial charge in [0.1, 0.15) is 0 Å². The maximum absolute atomic E-state index is 12.0. The Balaban J connectivity index is 0.000000154. The number of pyridine rings is 4. The molecule has 0 atom stereocenters. The van der Waals surface area contributed by atoms with Crippen LogP contribution in [0.25, 0.3) is 17.1 Å². The Hall–Kier alpha value is -6.54. The van der Waals surface area contributed by atoms with E-state index in [-0.39, 0.29) is 22.2 Å². The van der Waals surface area contributed by atoms with Crippen molar-refractivity contribution >= 4 is 0 Å². The molecule has 0 aliphatic rings. The monoisotopic (exact) mass is 664 g/mol. The van der Waals surface area contributed by atoms with E-state index in [0.29, 0.717) is 0 Å². The van der Waals surface area contributed by atoms with Crippen molar-refractivity contribution < 1.29 is 0 Å². The number of para-hydroxylation sites is 3. The first-order chi connectivity index (χ1) is 24.2. The summed E-state index contributed by atoms with van der Waals surface area (Å²) in [6, 6.07) is 46.7. The molecule has 252 valence electrons. The fraction of sp³-hybridized carbons (Fsp3) is 0.0952. The van der Waals surface area contributed by atoms with Crippen molar-refractivity contribution in [1.82, 2.24) is 18.7 Å². The second-order valence-corrected chi connectivity index (χ2v) is 11.2. The maximum Gasteiger partial charge on any atom is 0.258 e. The van der Waals surface area contributed by atoms with Gasteiger partial charge in [0.2, 0.25) is 5.56 Å². The summed E-state index contributed by atoms with van der Waals surface area (Å²) in [5, 5.41) is 0. The molecule has 3 aromatic carbocycles. The highest BCUT2D eigenvalue weighted by Crippen LogP contribution is 2.09. The number of benzene rings is 3. The van der Waals surface area contributed by atoms with Crippen LogP contribution in [-0.4, -0.2) is 18.7 Å². The van der Waals surface area contributed by atoms with Crippen LogP contribution < -0.4 is 22.2 Å². The van der Waals surface area contributed by atoms with Gasteiger partial charge in [-0.15, -0.1) is 0 Å². The molecule has 0 bridgehead atoms. The number of aromatic nitrogens is 4. The molecule has 0 spiro atoms. The molecule has 0 radical (unpaired) electrons. The van der Waals surface area contributed by atoms with E-state index in [1.807, 2.05) is 149 Å². The molecule has 4 heterocycles. The van der Waals surface area contributed by atoms with Gasteiger partial charge in [-0.1, -0.05) is 78.9 Å². The van der Waals surface area contributed by atoms with E-state index in [0.717, 1.165) is 39.6 Å². The van der Waals surface area contributed by atoms with Crippen molar-refractivity contribution in [2.45, 2.75) is 27.7 Å². The van der Waals surface area contributed by atoms with Gasteiger partial charge in [-0.25, -0.2) is 0 Å². The highest BCUT2D eigenvalue weighted by atomic mass is 16.1. The first-order valence-corrected chi connectivity index (χ1v) is 16.0. The van der Waals surface area contributed by atoms with Gasteiger partial charge < -0.3 is 4.98 Å². The van der Waals surface area contributed by atoms with Crippen molar-refractivity contribution in [3.63, 3.8) is 0 Å². The summed E-state index contributed by atoms with van der Waals surface area (Å²) in [5.41, 5.74) is 6.22. The van der Waals surface area contributed by atoms with Gasteiger partial charge in [-0.3, -0.25) is 32.9 Å². The lowest BCUT2D eigenvalue weighted by Crippen LogP contribution is -2.22. The molecule has 0 saturated heterocycles. The summed E-state index contributed by atoms with van der Waals surface area (Å²) in [7, 11) is 0. The van der Waals surface area contributed by atoms with Gasteiger partial charge in [0.05, 0.1) is 0 Å². The third-order valence-corrected chi connectivity index (χ3v) is 7.50. The molecule has 4 aromatic heterocycles. The summed E-state index contributed by atoms with van der Waals surface area (Å²) >= 11 is 0. The van der Waals surface area contributed by atoms with E-state index in [4.69, 9.17) is 0 Å². The quantitative estimate of drug-likeness (QED) is 0.218. The van der Waals surface area contributed by atoms with E-state index < -0.39 is 0 Å². The summed E-state index contributed by atoms with van der Waals surface area (Å²) in [6.07, 6.45) is 3.38. The van der Waals surface area contributed by atoms with Gasteiger partial charge >= 0.3 is 0 Å². The van der Waals surface area contributed by atoms with Crippen LogP contribution in [0.4, 0.5) is 0 Å². The van der Waals surface area contributed by atoms with Crippen LogP contribution in [0.5, 0.6) is 0 Å². The number of nitrogens with one attached hydrogen (secondary N) is 1. The predicted octanol–water partition coefficient (Wildman–Crippen LogP) is 7.12. The fourth-order valence-electron chi connectivity index (χ4n) is 4.90. The number of hydrogen-bond acceptors (Lipinski definition) is 4. The molecular formula is C42H40N4O4. The predicted molar refractivity (Wildman–Crippen MR) is 202 cm³/mol. The number of H-pyrrole nitrogens is 1. The van der Waals surface area contributed by atoms with E-state index >= 15 is 0 Å². The first-order valence-electron chi connectivity index (χ1n) is 16.0. The van der Waals surface area contributed by atoms with Crippen LogP contribution in [0, 0.1) is 27.7 Å². The van der Waals surface area contributed by atoms with Crippen LogP contribution in [0.1, 0.15) is 22.5 Å². The number of nitrogens with zero attached hydrogens (tertiary/aromatic N) is 3. The summed E-state index contributed by atoms with van der Waals surface area (Å²) in [4.78, 5) is 48.0. The molecular weight excluding hydrogens is 624 g/mol. The second kappa shape index (κ2) is 18.1. The summed E-state index contributed by atoms with van der Waals surface area (Å²) < 4.78 is 5.07.